The zero-order valence-electron chi connectivity index (χ0n) is 11.4. The molecule has 2 N–H and O–H groups in total. The fourth-order valence-corrected chi connectivity index (χ4v) is 1.96. The van der Waals surface area contributed by atoms with Crippen LogP contribution in [0.4, 0.5) is 4.79 Å². The van der Waals surface area contributed by atoms with E-state index >= 15 is 0 Å². The van der Waals surface area contributed by atoms with Crippen LogP contribution >= 0.6 is 0 Å². The molecule has 0 aliphatic carbocycles. The molecule has 5 heteroatoms. The van der Waals surface area contributed by atoms with Crippen LogP contribution in [0.15, 0.2) is 18.2 Å². The summed E-state index contributed by atoms with van der Waals surface area (Å²) in [6, 6.07) is 5.77. The van der Waals surface area contributed by atoms with Gasteiger partial charge in [0, 0.05) is 12.6 Å². The van der Waals surface area contributed by atoms with Gasteiger partial charge in [0.1, 0.15) is 0 Å². The zero-order valence-corrected chi connectivity index (χ0v) is 11.4. The fourth-order valence-electron chi connectivity index (χ4n) is 1.96. The van der Waals surface area contributed by atoms with E-state index in [9.17, 15) is 4.79 Å². The Morgan fingerprint density at radius 1 is 1.26 bits per heavy atom. The number of amides is 2. The fraction of sp³-hybridized carbons (Fsp3) is 0.500. The Labute approximate surface area is 113 Å². The van der Waals surface area contributed by atoms with Gasteiger partial charge in [-0.05, 0) is 30.5 Å². The minimum atomic E-state index is -0.133. The minimum absolute atomic E-state index is 0.133. The lowest BCUT2D eigenvalue weighted by atomic mass is 10.2. The standard InChI is InChI=1S/C14H20N2O3/c1-3-11(4-2)16-14(17)15-8-10-5-6-12-13(7-10)19-9-18-12/h5-7,11H,3-4,8-9H2,1-2H3,(H2,15,16,17). The number of fused-ring (bicyclic) bond motifs is 1. The van der Waals surface area contributed by atoms with Crippen LogP contribution in [0.1, 0.15) is 32.3 Å². The number of hydrogen-bond donors (Lipinski definition) is 2. The van der Waals surface area contributed by atoms with E-state index in [1.807, 2.05) is 18.2 Å². The second-order valence-electron chi connectivity index (χ2n) is 4.53. The number of hydrogen-bond acceptors (Lipinski definition) is 3. The van der Waals surface area contributed by atoms with Crippen LogP contribution in [0, 0.1) is 0 Å². The predicted octanol–water partition coefficient (Wildman–Crippen LogP) is 2.40. The maximum absolute atomic E-state index is 11.7. The highest BCUT2D eigenvalue weighted by molar-refractivity contribution is 5.74. The third-order valence-electron chi connectivity index (χ3n) is 3.21. The van der Waals surface area contributed by atoms with Crippen molar-refractivity contribution in [2.24, 2.45) is 0 Å². The van der Waals surface area contributed by atoms with Gasteiger partial charge < -0.3 is 20.1 Å². The van der Waals surface area contributed by atoms with E-state index < -0.39 is 0 Å². The summed E-state index contributed by atoms with van der Waals surface area (Å²) < 4.78 is 10.5. The highest BCUT2D eigenvalue weighted by Gasteiger charge is 2.13. The van der Waals surface area contributed by atoms with Crippen LogP contribution in [-0.4, -0.2) is 18.9 Å². The van der Waals surface area contributed by atoms with Crippen molar-refractivity contribution in [1.29, 1.82) is 0 Å². The molecule has 2 rings (SSSR count). The van der Waals surface area contributed by atoms with Crippen LogP contribution in [-0.2, 0) is 6.54 Å². The average Bonchev–Trinajstić information content (AvgIpc) is 2.89. The summed E-state index contributed by atoms with van der Waals surface area (Å²) in [7, 11) is 0. The predicted molar refractivity (Wildman–Crippen MR) is 72.3 cm³/mol. The second kappa shape index (κ2) is 6.31. The van der Waals surface area contributed by atoms with Gasteiger partial charge in [-0.15, -0.1) is 0 Å². The maximum atomic E-state index is 11.7. The molecule has 0 saturated heterocycles. The average molecular weight is 264 g/mol. The van der Waals surface area contributed by atoms with E-state index in [-0.39, 0.29) is 18.9 Å². The number of rotatable bonds is 5. The zero-order chi connectivity index (χ0) is 13.7. The molecule has 104 valence electrons. The van der Waals surface area contributed by atoms with Gasteiger partial charge in [-0.1, -0.05) is 19.9 Å². The smallest absolute Gasteiger partial charge is 0.315 e. The lowest BCUT2D eigenvalue weighted by Gasteiger charge is -2.15. The first kappa shape index (κ1) is 13.5. The molecule has 0 radical (unpaired) electrons. The molecule has 1 aromatic rings. The Morgan fingerprint density at radius 2 is 2.00 bits per heavy atom. The summed E-state index contributed by atoms with van der Waals surface area (Å²) in [6.07, 6.45) is 1.88. The molecule has 0 saturated carbocycles. The summed E-state index contributed by atoms with van der Waals surface area (Å²) >= 11 is 0. The molecule has 1 aliphatic rings. The summed E-state index contributed by atoms with van der Waals surface area (Å²) in [5.41, 5.74) is 0.990. The molecule has 1 aromatic carbocycles. The largest absolute Gasteiger partial charge is 0.454 e. The number of benzene rings is 1. The molecule has 5 nitrogen and oxygen atoms in total. The molecule has 19 heavy (non-hydrogen) atoms. The maximum Gasteiger partial charge on any atom is 0.315 e. The summed E-state index contributed by atoms with van der Waals surface area (Å²) in [6.45, 7) is 4.86. The third kappa shape index (κ3) is 3.53. The Kier molecular flexibility index (Phi) is 4.49. The molecule has 0 aromatic heterocycles. The van der Waals surface area contributed by atoms with Crippen molar-refractivity contribution in [1.82, 2.24) is 10.6 Å². The molecule has 0 atom stereocenters. The van der Waals surface area contributed by atoms with Gasteiger partial charge in [0.05, 0.1) is 0 Å². The van der Waals surface area contributed by atoms with Crippen molar-refractivity contribution in [2.45, 2.75) is 39.3 Å². The number of urea groups is 1. The molecule has 1 aliphatic heterocycles. The van der Waals surface area contributed by atoms with Crippen LogP contribution in [0.3, 0.4) is 0 Å². The second-order valence-corrected chi connectivity index (χ2v) is 4.53. The van der Waals surface area contributed by atoms with Gasteiger partial charge in [0.15, 0.2) is 11.5 Å². The van der Waals surface area contributed by atoms with E-state index in [1.54, 1.807) is 0 Å². The normalized spacial score (nSPS) is 12.6. The van der Waals surface area contributed by atoms with Crippen molar-refractivity contribution >= 4 is 6.03 Å². The third-order valence-corrected chi connectivity index (χ3v) is 3.21. The van der Waals surface area contributed by atoms with Crippen LogP contribution in [0.5, 0.6) is 11.5 Å². The Morgan fingerprint density at radius 3 is 2.74 bits per heavy atom. The van der Waals surface area contributed by atoms with E-state index in [0.717, 1.165) is 29.9 Å². The van der Waals surface area contributed by atoms with Crippen LogP contribution < -0.4 is 20.1 Å². The molecule has 0 fully saturated rings. The number of carbonyl (C=O) groups is 1. The first-order valence-electron chi connectivity index (χ1n) is 6.65. The number of carbonyl (C=O) groups excluding carboxylic acids is 1. The quantitative estimate of drug-likeness (QED) is 0.858. The van der Waals surface area contributed by atoms with Crippen LogP contribution in [0.25, 0.3) is 0 Å². The first-order valence-corrected chi connectivity index (χ1v) is 6.65. The number of ether oxygens (including phenoxy) is 2. The monoisotopic (exact) mass is 264 g/mol. The van der Waals surface area contributed by atoms with Gasteiger partial charge in [-0.25, -0.2) is 4.79 Å². The highest BCUT2D eigenvalue weighted by atomic mass is 16.7. The Hall–Kier alpha value is -1.91. The van der Waals surface area contributed by atoms with E-state index in [1.165, 1.54) is 0 Å². The van der Waals surface area contributed by atoms with Crippen LogP contribution in [0.2, 0.25) is 0 Å². The molecular formula is C14H20N2O3. The molecular weight excluding hydrogens is 244 g/mol. The minimum Gasteiger partial charge on any atom is -0.454 e. The van der Waals surface area contributed by atoms with E-state index in [2.05, 4.69) is 24.5 Å². The summed E-state index contributed by atoms with van der Waals surface area (Å²) in [4.78, 5) is 11.7. The molecule has 0 spiro atoms. The van der Waals surface area contributed by atoms with Gasteiger partial charge in [-0.3, -0.25) is 0 Å². The molecule has 0 bridgehead atoms. The molecule has 0 unspecified atom stereocenters. The van der Waals surface area contributed by atoms with Gasteiger partial charge in [-0.2, -0.15) is 0 Å². The highest BCUT2D eigenvalue weighted by Crippen LogP contribution is 2.32. The van der Waals surface area contributed by atoms with Crippen molar-refractivity contribution in [3.8, 4) is 11.5 Å². The van der Waals surface area contributed by atoms with Crippen molar-refractivity contribution < 1.29 is 14.3 Å². The van der Waals surface area contributed by atoms with Gasteiger partial charge in [0.25, 0.3) is 0 Å². The topological polar surface area (TPSA) is 59.6 Å². The summed E-state index contributed by atoms with van der Waals surface area (Å²) in [5.74, 6) is 1.49. The van der Waals surface area contributed by atoms with Gasteiger partial charge in [0.2, 0.25) is 6.79 Å². The summed E-state index contributed by atoms with van der Waals surface area (Å²) in [5, 5.41) is 5.78. The molecule has 2 amide bonds. The first-order chi connectivity index (χ1) is 9.22. The van der Waals surface area contributed by atoms with E-state index in [4.69, 9.17) is 9.47 Å². The lowest BCUT2D eigenvalue weighted by molar-refractivity contribution is 0.174. The van der Waals surface area contributed by atoms with Crippen molar-refractivity contribution in [3.63, 3.8) is 0 Å². The Balaban J connectivity index is 1.83. The van der Waals surface area contributed by atoms with Gasteiger partial charge >= 0.3 is 6.03 Å². The van der Waals surface area contributed by atoms with Crippen molar-refractivity contribution in [2.75, 3.05) is 6.79 Å². The molecule has 1 heterocycles. The number of nitrogens with one attached hydrogen (secondary N) is 2. The SMILES string of the molecule is CCC(CC)NC(=O)NCc1ccc2c(c1)OCO2. The lowest BCUT2D eigenvalue weighted by Crippen LogP contribution is -2.41. The van der Waals surface area contributed by atoms with Crippen molar-refractivity contribution in [3.05, 3.63) is 23.8 Å². The van der Waals surface area contributed by atoms with E-state index in [0.29, 0.717) is 6.54 Å². The Bertz CT molecular complexity index is 444.